The Hall–Kier alpha value is -3.22. The van der Waals surface area contributed by atoms with Gasteiger partial charge in [0.15, 0.2) is 11.5 Å². The number of ether oxygens (including phenoxy) is 3. The topological polar surface area (TPSA) is 94.1 Å². The number of aliphatic carboxylic acids is 1. The molecule has 28 heavy (non-hydrogen) atoms. The van der Waals surface area contributed by atoms with Gasteiger partial charge in [-0.2, -0.15) is 0 Å². The first kappa shape index (κ1) is 21.1. The van der Waals surface area contributed by atoms with Crippen LogP contribution in [-0.4, -0.2) is 38.3 Å². The molecular formula is C21H25NO6. The van der Waals surface area contributed by atoms with Gasteiger partial charge in [0.1, 0.15) is 0 Å². The molecular weight excluding hydrogens is 362 g/mol. The van der Waals surface area contributed by atoms with E-state index >= 15 is 0 Å². The lowest BCUT2D eigenvalue weighted by Gasteiger charge is -2.20. The van der Waals surface area contributed by atoms with E-state index in [0.717, 1.165) is 0 Å². The van der Waals surface area contributed by atoms with E-state index in [2.05, 4.69) is 5.32 Å². The molecule has 7 heteroatoms. The Morgan fingerprint density at radius 2 is 1.50 bits per heavy atom. The summed E-state index contributed by atoms with van der Waals surface area (Å²) in [5, 5.41) is 12.1. The molecule has 1 amide bonds. The minimum Gasteiger partial charge on any atom is -0.493 e. The van der Waals surface area contributed by atoms with Crippen molar-refractivity contribution >= 4 is 17.6 Å². The van der Waals surface area contributed by atoms with E-state index in [1.54, 1.807) is 50.2 Å². The van der Waals surface area contributed by atoms with Gasteiger partial charge in [-0.05, 0) is 49.2 Å². The van der Waals surface area contributed by atoms with Crippen LogP contribution in [0.25, 0.3) is 0 Å². The van der Waals surface area contributed by atoms with Gasteiger partial charge in [-0.3, -0.25) is 9.59 Å². The molecule has 2 aromatic rings. The van der Waals surface area contributed by atoms with Crippen LogP contribution in [0.15, 0.2) is 36.4 Å². The molecule has 0 saturated carbocycles. The highest BCUT2D eigenvalue weighted by Crippen LogP contribution is 2.38. The van der Waals surface area contributed by atoms with Crippen LogP contribution in [0.4, 0.5) is 5.69 Å². The van der Waals surface area contributed by atoms with Gasteiger partial charge in [0, 0.05) is 5.69 Å². The number of carbonyl (C=O) groups is 2. The molecule has 150 valence electrons. The van der Waals surface area contributed by atoms with Gasteiger partial charge >= 0.3 is 5.97 Å². The SMILES string of the molecule is COc1cc(CC(=O)Nc2ccc(C(C)(C)C(=O)O)cc2)cc(OC)c1OC. The second-order valence-electron chi connectivity index (χ2n) is 6.77. The van der Waals surface area contributed by atoms with Crippen molar-refractivity contribution in [1.82, 2.24) is 0 Å². The van der Waals surface area contributed by atoms with Crippen molar-refractivity contribution in [3.63, 3.8) is 0 Å². The van der Waals surface area contributed by atoms with E-state index in [0.29, 0.717) is 34.1 Å². The van der Waals surface area contributed by atoms with Crippen LogP contribution in [0.5, 0.6) is 17.2 Å². The third-order valence-corrected chi connectivity index (χ3v) is 4.51. The van der Waals surface area contributed by atoms with E-state index in [-0.39, 0.29) is 12.3 Å². The molecule has 0 aliphatic heterocycles. The number of anilines is 1. The third kappa shape index (κ3) is 4.54. The molecule has 0 aliphatic carbocycles. The number of carbonyl (C=O) groups excluding carboxylic acids is 1. The van der Waals surface area contributed by atoms with Gasteiger partial charge in [0.05, 0.1) is 33.2 Å². The van der Waals surface area contributed by atoms with E-state index in [4.69, 9.17) is 14.2 Å². The lowest BCUT2D eigenvalue weighted by molar-refractivity contribution is -0.142. The lowest BCUT2D eigenvalue weighted by atomic mass is 9.85. The van der Waals surface area contributed by atoms with Gasteiger partial charge in [-0.1, -0.05) is 12.1 Å². The van der Waals surface area contributed by atoms with Crippen molar-refractivity contribution in [2.45, 2.75) is 25.7 Å². The van der Waals surface area contributed by atoms with Gasteiger partial charge in [-0.15, -0.1) is 0 Å². The zero-order valence-corrected chi connectivity index (χ0v) is 16.7. The van der Waals surface area contributed by atoms with Gasteiger partial charge in [-0.25, -0.2) is 0 Å². The molecule has 2 rings (SSSR count). The Balaban J connectivity index is 2.13. The summed E-state index contributed by atoms with van der Waals surface area (Å²) in [7, 11) is 4.55. The van der Waals surface area contributed by atoms with Crippen LogP contribution in [0.2, 0.25) is 0 Å². The van der Waals surface area contributed by atoms with Crippen LogP contribution in [0.1, 0.15) is 25.0 Å². The Bertz CT molecular complexity index is 833. The van der Waals surface area contributed by atoms with Crippen molar-refractivity contribution in [2.24, 2.45) is 0 Å². The number of carboxylic acids is 1. The Kier molecular flexibility index (Phi) is 6.51. The summed E-state index contributed by atoms with van der Waals surface area (Å²) >= 11 is 0. The van der Waals surface area contributed by atoms with Crippen LogP contribution < -0.4 is 19.5 Å². The number of benzene rings is 2. The highest BCUT2D eigenvalue weighted by molar-refractivity contribution is 5.92. The molecule has 0 atom stereocenters. The molecule has 0 spiro atoms. The fourth-order valence-corrected chi connectivity index (χ4v) is 2.72. The molecule has 0 radical (unpaired) electrons. The molecule has 0 aliphatic rings. The van der Waals surface area contributed by atoms with Crippen molar-refractivity contribution in [2.75, 3.05) is 26.6 Å². The fourth-order valence-electron chi connectivity index (χ4n) is 2.72. The zero-order valence-electron chi connectivity index (χ0n) is 16.7. The van der Waals surface area contributed by atoms with Crippen molar-refractivity contribution < 1.29 is 28.9 Å². The van der Waals surface area contributed by atoms with Crippen molar-refractivity contribution in [3.8, 4) is 17.2 Å². The van der Waals surface area contributed by atoms with Crippen LogP contribution in [-0.2, 0) is 21.4 Å². The molecule has 0 unspecified atom stereocenters. The van der Waals surface area contributed by atoms with E-state index in [9.17, 15) is 14.7 Å². The summed E-state index contributed by atoms with van der Waals surface area (Å²) in [5.74, 6) is 0.284. The smallest absolute Gasteiger partial charge is 0.313 e. The monoisotopic (exact) mass is 387 g/mol. The number of rotatable bonds is 8. The Morgan fingerprint density at radius 1 is 0.964 bits per heavy atom. The Labute approximate surface area is 164 Å². The minimum absolute atomic E-state index is 0.110. The number of methoxy groups -OCH3 is 3. The average molecular weight is 387 g/mol. The minimum atomic E-state index is -1.00. The predicted octanol–water partition coefficient (Wildman–Crippen LogP) is 3.26. The second-order valence-corrected chi connectivity index (χ2v) is 6.77. The lowest BCUT2D eigenvalue weighted by Crippen LogP contribution is -2.28. The highest BCUT2D eigenvalue weighted by Gasteiger charge is 2.29. The quantitative estimate of drug-likeness (QED) is 0.722. The van der Waals surface area contributed by atoms with Crippen LogP contribution >= 0.6 is 0 Å². The Morgan fingerprint density at radius 3 is 1.93 bits per heavy atom. The first-order valence-electron chi connectivity index (χ1n) is 8.65. The number of hydrogen-bond donors (Lipinski definition) is 2. The van der Waals surface area contributed by atoms with Crippen LogP contribution in [0, 0.1) is 0 Å². The van der Waals surface area contributed by atoms with E-state index < -0.39 is 11.4 Å². The summed E-state index contributed by atoms with van der Waals surface area (Å²) in [6.07, 6.45) is 0.110. The fraction of sp³-hybridized carbons (Fsp3) is 0.333. The molecule has 0 saturated heterocycles. The molecule has 0 heterocycles. The van der Waals surface area contributed by atoms with Gasteiger partial charge in [0.2, 0.25) is 11.7 Å². The normalized spacial score (nSPS) is 10.9. The molecule has 0 bridgehead atoms. The largest absolute Gasteiger partial charge is 0.493 e. The maximum Gasteiger partial charge on any atom is 0.313 e. The first-order valence-corrected chi connectivity index (χ1v) is 8.65. The molecule has 0 fully saturated rings. The van der Waals surface area contributed by atoms with Gasteiger partial charge < -0.3 is 24.6 Å². The number of nitrogens with one attached hydrogen (secondary N) is 1. The molecule has 2 N–H and O–H groups in total. The predicted molar refractivity (Wildman–Crippen MR) is 106 cm³/mol. The van der Waals surface area contributed by atoms with Gasteiger partial charge in [0.25, 0.3) is 0 Å². The number of hydrogen-bond acceptors (Lipinski definition) is 5. The zero-order chi connectivity index (χ0) is 20.9. The van der Waals surface area contributed by atoms with E-state index in [1.807, 2.05) is 0 Å². The third-order valence-electron chi connectivity index (χ3n) is 4.51. The van der Waals surface area contributed by atoms with E-state index in [1.165, 1.54) is 21.3 Å². The number of carboxylic acid groups (broad SMARTS) is 1. The van der Waals surface area contributed by atoms with Crippen LogP contribution in [0.3, 0.4) is 0 Å². The summed E-state index contributed by atoms with van der Waals surface area (Å²) < 4.78 is 15.9. The summed E-state index contributed by atoms with van der Waals surface area (Å²) in [4.78, 5) is 23.7. The molecule has 0 aromatic heterocycles. The maximum absolute atomic E-state index is 12.4. The second kappa shape index (κ2) is 8.65. The summed E-state index contributed by atoms with van der Waals surface area (Å²) in [5.41, 5.74) is 0.944. The highest BCUT2D eigenvalue weighted by atomic mass is 16.5. The average Bonchev–Trinajstić information content (AvgIpc) is 2.67. The maximum atomic E-state index is 12.4. The first-order chi connectivity index (χ1) is 13.2. The number of amides is 1. The summed E-state index contributed by atoms with van der Waals surface area (Å²) in [6.45, 7) is 3.26. The molecule has 7 nitrogen and oxygen atoms in total. The summed E-state index contributed by atoms with van der Waals surface area (Å²) in [6, 6.07) is 10.2. The standard InChI is InChI=1S/C21H25NO6/c1-21(2,20(24)25)14-6-8-15(9-7-14)22-18(23)12-13-10-16(26-3)19(28-5)17(11-13)27-4/h6-11H,12H2,1-5H3,(H,22,23)(H,24,25). The van der Waals surface area contributed by atoms with Crippen molar-refractivity contribution in [1.29, 1.82) is 0 Å². The van der Waals surface area contributed by atoms with Crippen molar-refractivity contribution in [3.05, 3.63) is 47.5 Å². The molecule has 2 aromatic carbocycles.